The maximum absolute atomic E-state index is 6.82. The lowest BCUT2D eigenvalue weighted by atomic mass is 9.66. The average molecular weight is 694 g/mol. The van der Waals surface area contributed by atoms with E-state index >= 15 is 0 Å². The molecule has 0 amide bonds. The van der Waals surface area contributed by atoms with Gasteiger partial charge in [0, 0.05) is 33.6 Å². The molecule has 3 aliphatic carbocycles. The molecule has 1 aliphatic heterocycles. The Hall–Kier alpha value is -6.38. The molecule has 1 atom stereocenters. The number of anilines is 3. The fourth-order valence-electron chi connectivity index (χ4n) is 9.90. The standard InChI is InChI=1S/C52H39NO/c1-51(2)43-21-11-9-19-39(43)41-28-26-38(33-48(41)51)53(36-17-7-4-8-18-36)37-27-30-45-42(32-37)40-20-10-12-22-44(40)52(45)46-23-13-14-24-49(46)54-50-31-35(25-29-47(50)52)34-15-5-3-6-16-34/h4-5,7-33H,3,6H2,1-2H3. The third-order valence-electron chi connectivity index (χ3n) is 12.4. The van der Waals surface area contributed by atoms with Crippen LogP contribution in [0.4, 0.5) is 17.1 Å². The highest BCUT2D eigenvalue weighted by Gasteiger charge is 2.51. The van der Waals surface area contributed by atoms with Gasteiger partial charge in [-0.2, -0.15) is 0 Å². The fraction of sp³-hybridized carbons (Fsp3) is 0.115. The number of para-hydroxylation sites is 2. The summed E-state index contributed by atoms with van der Waals surface area (Å²) in [6.07, 6.45) is 9.02. The number of ether oxygens (including phenoxy) is 1. The van der Waals surface area contributed by atoms with Crippen LogP contribution < -0.4 is 9.64 Å². The third kappa shape index (κ3) is 4.28. The lowest BCUT2D eigenvalue weighted by molar-refractivity contribution is 0.436. The summed E-state index contributed by atoms with van der Waals surface area (Å²) in [7, 11) is 0. The van der Waals surface area contributed by atoms with Crippen LogP contribution in [0.2, 0.25) is 0 Å². The predicted octanol–water partition coefficient (Wildman–Crippen LogP) is 13.7. The van der Waals surface area contributed by atoms with Gasteiger partial charge in [0.15, 0.2) is 0 Å². The van der Waals surface area contributed by atoms with Gasteiger partial charge in [-0.3, -0.25) is 0 Å². The average Bonchev–Trinajstić information content (AvgIpc) is 3.64. The van der Waals surface area contributed by atoms with Crippen LogP contribution in [0.3, 0.4) is 0 Å². The van der Waals surface area contributed by atoms with E-state index < -0.39 is 5.41 Å². The van der Waals surface area contributed by atoms with Gasteiger partial charge < -0.3 is 9.64 Å². The molecule has 4 aliphatic rings. The van der Waals surface area contributed by atoms with E-state index in [0.717, 1.165) is 41.4 Å². The first-order valence-electron chi connectivity index (χ1n) is 19.2. The summed E-state index contributed by atoms with van der Waals surface area (Å²) >= 11 is 0. The number of hydrogen-bond acceptors (Lipinski definition) is 2. The fourth-order valence-corrected chi connectivity index (χ4v) is 9.90. The van der Waals surface area contributed by atoms with E-state index in [1.165, 1.54) is 66.8 Å². The molecule has 2 heteroatoms. The number of allylic oxidation sites excluding steroid dienone is 4. The van der Waals surface area contributed by atoms with Crippen molar-refractivity contribution >= 4 is 22.6 Å². The smallest absolute Gasteiger partial charge is 0.132 e. The summed E-state index contributed by atoms with van der Waals surface area (Å²) in [5.41, 5.74) is 18.1. The van der Waals surface area contributed by atoms with Crippen LogP contribution in [-0.4, -0.2) is 0 Å². The van der Waals surface area contributed by atoms with Crippen molar-refractivity contribution in [2.45, 2.75) is 37.5 Å². The molecule has 11 rings (SSSR count). The number of fused-ring (bicyclic) bond motifs is 12. The summed E-state index contributed by atoms with van der Waals surface area (Å²) < 4.78 is 6.82. The minimum absolute atomic E-state index is 0.0962. The van der Waals surface area contributed by atoms with Crippen molar-refractivity contribution in [3.05, 3.63) is 215 Å². The molecule has 7 aromatic rings. The molecule has 1 spiro atoms. The van der Waals surface area contributed by atoms with E-state index in [2.05, 4.69) is 195 Å². The van der Waals surface area contributed by atoms with Gasteiger partial charge >= 0.3 is 0 Å². The lowest BCUT2D eigenvalue weighted by Gasteiger charge is -2.39. The molecule has 1 heterocycles. The Kier molecular flexibility index (Phi) is 6.67. The first-order chi connectivity index (χ1) is 26.5. The molecule has 258 valence electrons. The first kappa shape index (κ1) is 31.2. The van der Waals surface area contributed by atoms with Crippen molar-refractivity contribution < 1.29 is 4.74 Å². The monoisotopic (exact) mass is 693 g/mol. The second-order valence-electron chi connectivity index (χ2n) is 15.5. The molecule has 0 radical (unpaired) electrons. The molecule has 54 heavy (non-hydrogen) atoms. The van der Waals surface area contributed by atoms with Crippen LogP contribution in [0.5, 0.6) is 11.5 Å². The second kappa shape index (κ2) is 11.6. The highest BCUT2D eigenvalue weighted by Crippen LogP contribution is 2.63. The van der Waals surface area contributed by atoms with Crippen LogP contribution in [-0.2, 0) is 10.8 Å². The van der Waals surface area contributed by atoms with Crippen LogP contribution >= 0.6 is 0 Å². The van der Waals surface area contributed by atoms with Crippen molar-refractivity contribution in [2.24, 2.45) is 0 Å². The second-order valence-corrected chi connectivity index (χ2v) is 15.5. The summed E-state index contributed by atoms with van der Waals surface area (Å²) in [6.45, 7) is 4.71. The van der Waals surface area contributed by atoms with Crippen molar-refractivity contribution in [1.29, 1.82) is 0 Å². The molecule has 7 aromatic carbocycles. The molecule has 0 fully saturated rings. The minimum atomic E-state index is -0.523. The largest absolute Gasteiger partial charge is 0.457 e. The Labute approximate surface area is 317 Å². The van der Waals surface area contributed by atoms with E-state index in [-0.39, 0.29) is 5.41 Å². The number of rotatable bonds is 4. The number of benzene rings is 7. The van der Waals surface area contributed by atoms with Crippen LogP contribution in [0.1, 0.15) is 65.6 Å². The van der Waals surface area contributed by atoms with Crippen LogP contribution in [0.15, 0.2) is 176 Å². The zero-order valence-corrected chi connectivity index (χ0v) is 30.5. The van der Waals surface area contributed by atoms with Crippen molar-refractivity contribution in [3.63, 3.8) is 0 Å². The minimum Gasteiger partial charge on any atom is -0.457 e. The van der Waals surface area contributed by atoms with Gasteiger partial charge in [-0.15, -0.1) is 0 Å². The SMILES string of the molecule is CC1(C)c2ccccc2-c2ccc(N(c3ccccc3)c3ccc4c(c3)-c3ccccc3C43c4ccccc4Oc4cc(C5=CCCC=C5)ccc43)cc21. The Morgan fingerprint density at radius 2 is 1.09 bits per heavy atom. The van der Waals surface area contributed by atoms with Gasteiger partial charge in [-0.25, -0.2) is 0 Å². The van der Waals surface area contributed by atoms with Crippen LogP contribution in [0.25, 0.3) is 27.8 Å². The Morgan fingerprint density at radius 1 is 0.463 bits per heavy atom. The maximum atomic E-state index is 6.82. The number of nitrogens with zero attached hydrogens (tertiary/aromatic N) is 1. The zero-order valence-electron chi connectivity index (χ0n) is 30.5. The lowest BCUT2D eigenvalue weighted by Crippen LogP contribution is -2.32. The molecule has 0 N–H and O–H groups in total. The maximum Gasteiger partial charge on any atom is 0.132 e. The Bertz CT molecular complexity index is 2730. The third-order valence-corrected chi connectivity index (χ3v) is 12.4. The van der Waals surface area contributed by atoms with E-state index in [9.17, 15) is 0 Å². The molecule has 0 bridgehead atoms. The van der Waals surface area contributed by atoms with E-state index in [1.54, 1.807) is 0 Å². The molecule has 0 aromatic heterocycles. The first-order valence-corrected chi connectivity index (χ1v) is 19.2. The van der Waals surface area contributed by atoms with Crippen LogP contribution in [0, 0.1) is 0 Å². The van der Waals surface area contributed by atoms with E-state index in [1.807, 2.05) is 0 Å². The highest BCUT2D eigenvalue weighted by molar-refractivity contribution is 5.93. The molecule has 0 saturated heterocycles. The molecule has 1 unspecified atom stereocenters. The molecule has 2 nitrogen and oxygen atoms in total. The van der Waals surface area contributed by atoms with Crippen molar-refractivity contribution in [3.8, 4) is 33.8 Å². The summed E-state index contributed by atoms with van der Waals surface area (Å²) in [5, 5.41) is 0. The van der Waals surface area contributed by atoms with Gasteiger partial charge in [0.25, 0.3) is 0 Å². The highest BCUT2D eigenvalue weighted by atomic mass is 16.5. The predicted molar refractivity (Wildman–Crippen MR) is 222 cm³/mol. The Balaban J connectivity index is 1.12. The van der Waals surface area contributed by atoms with Gasteiger partial charge in [0.2, 0.25) is 0 Å². The molecular formula is C52H39NO. The van der Waals surface area contributed by atoms with E-state index in [4.69, 9.17) is 4.74 Å². The molecule has 0 saturated carbocycles. The summed E-state index contributed by atoms with van der Waals surface area (Å²) in [6, 6.07) is 58.4. The number of hydrogen-bond donors (Lipinski definition) is 0. The van der Waals surface area contributed by atoms with Crippen molar-refractivity contribution in [1.82, 2.24) is 0 Å². The summed E-state index contributed by atoms with van der Waals surface area (Å²) in [5.74, 6) is 1.83. The Morgan fingerprint density at radius 3 is 1.91 bits per heavy atom. The van der Waals surface area contributed by atoms with Gasteiger partial charge in [0.1, 0.15) is 11.5 Å². The zero-order chi connectivity index (χ0) is 36.0. The van der Waals surface area contributed by atoms with Crippen molar-refractivity contribution in [2.75, 3.05) is 4.90 Å². The summed E-state index contributed by atoms with van der Waals surface area (Å²) in [4.78, 5) is 2.43. The van der Waals surface area contributed by atoms with Gasteiger partial charge in [0.05, 0.1) is 5.41 Å². The van der Waals surface area contributed by atoms with Gasteiger partial charge in [-0.05, 0) is 117 Å². The normalized spacial score (nSPS) is 17.7. The topological polar surface area (TPSA) is 12.5 Å². The van der Waals surface area contributed by atoms with E-state index in [0.29, 0.717) is 0 Å². The molecular weight excluding hydrogens is 655 g/mol. The van der Waals surface area contributed by atoms with Gasteiger partial charge in [-0.1, -0.05) is 141 Å². The quantitative estimate of drug-likeness (QED) is 0.182.